The lowest BCUT2D eigenvalue weighted by atomic mass is 9.91. The predicted octanol–water partition coefficient (Wildman–Crippen LogP) is 4.01. The van der Waals surface area contributed by atoms with Gasteiger partial charge in [0.1, 0.15) is 5.82 Å². The van der Waals surface area contributed by atoms with Gasteiger partial charge in [0.15, 0.2) is 0 Å². The predicted molar refractivity (Wildman–Crippen MR) is 105 cm³/mol. The monoisotopic (exact) mass is 373 g/mol. The van der Waals surface area contributed by atoms with E-state index in [1.807, 2.05) is 31.2 Å². The Hall–Kier alpha value is -3.67. The Balaban J connectivity index is 1.82. The molecule has 0 aromatic heterocycles. The summed E-state index contributed by atoms with van der Waals surface area (Å²) in [7, 11) is 0. The molecule has 5 rings (SSSR count). The zero-order chi connectivity index (χ0) is 19.5. The van der Waals surface area contributed by atoms with Crippen LogP contribution in [0.25, 0.3) is 0 Å². The van der Waals surface area contributed by atoms with Crippen LogP contribution < -0.4 is 15.5 Å². The Morgan fingerprint density at radius 2 is 1.68 bits per heavy atom. The van der Waals surface area contributed by atoms with Crippen LogP contribution in [-0.2, 0) is 10.5 Å². The maximum Gasteiger partial charge on any atom is 0.276 e. The van der Waals surface area contributed by atoms with Crippen molar-refractivity contribution in [3.63, 3.8) is 0 Å². The van der Waals surface area contributed by atoms with Crippen LogP contribution in [0.3, 0.4) is 0 Å². The molecule has 1 atom stereocenters. The topological polar surface area (TPSA) is 61.4 Å². The third-order valence-corrected chi connectivity index (χ3v) is 5.24. The second kappa shape index (κ2) is 5.66. The summed E-state index contributed by atoms with van der Waals surface area (Å²) < 4.78 is 13.5. The van der Waals surface area contributed by atoms with E-state index in [9.17, 15) is 14.0 Å². The lowest BCUT2D eigenvalue weighted by molar-refractivity contribution is -0.119. The third-order valence-electron chi connectivity index (χ3n) is 5.24. The Morgan fingerprint density at radius 3 is 2.46 bits per heavy atom. The molecule has 3 aromatic rings. The van der Waals surface area contributed by atoms with Gasteiger partial charge in [0.25, 0.3) is 11.8 Å². The fraction of sp³-hybridized carbons (Fsp3) is 0.0909. The van der Waals surface area contributed by atoms with E-state index in [2.05, 4.69) is 10.6 Å². The Kier molecular flexibility index (Phi) is 3.34. The molecule has 2 amide bonds. The summed E-state index contributed by atoms with van der Waals surface area (Å²) >= 11 is 0. The van der Waals surface area contributed by atoms with Crippen molar-refractivity contribution >= 4 is 28.9 Å². The van der Waals surface area contributed by atoms with Gasteiger partial charge in [-0.3, -0.25) is 14.5 Å². The first kappa shape index (κ1) is 16.5. The van der Waals surface area contributed by atoms with Crippen LogP contribution in [0.15, 0.2) is 66.7 Å². The Labute approximate surface area is 160 Å². The Bertz CT molecular complexity index is 1140. The number of rotatable bonds is 1. The first-order valence-electron chi connectivity index (χ1n) is 8.90. The average Bonchev–Trinajstić information content (AvgIpc) is 2.95. The number of para-hydroxylation sites is 1. The van der Waals surface area contributed by atoms with Gasteiger partial charge in [-0.25, -0.2) is 4.39 Å². The number of halogens is 1. The highest BCUT2D eigenvalue weighted by Crippen LogP contribution is 2.47. The van der Waals surface area contributed by atoms with E-state index < -0.39 is 11.5 Å². The molecule has 0 unspecified atom stereocenters. The minimum atomic E-state index is -1.45. The van der Waals surface area contributed by atoms with Crippen molar-refractivity contribution in [2.45, 2.75) is 12.6 Å². The number of amides is 2. The molecule has 0 radical (unpaired) electrons. The van der Waals surface area contributed by atoms with Crippen LogP contribution in [0.1, 0.15) is 21.5 Å². The van der Waals surface area contributed by atoms with Gasteiger partial charge in [-0.15, -0.1) is 0 Å². The number of carbonyl (C=O) groups excluding carboxylic acids is 2. The number of benzene rings is 3. The van der Waals surface area contributed by atoms with E-state index in [1.165, 1.54) is 29.2 Å². The SMILES string of the molecule is Cc1ccc2c(c1)[C@@]1(Nc3ccccc3C(=O)N1c1ccc(F)cc1)C(=O)N2. The fourth-order valence-electron chi connectivity index (χ4n) is 3.95. The zero-order valence-electron chi connectivity index (χ0n) is 15.0. The van der Waals surface area contributed by atoms with Crippen molar-refractivity contribution in [3.8, 4) is 0 Å². The number of aryl methyl sites for hydroxylation is 1. The van der Waals surface area contributed by atoms with E-state index >= 15 is 0 Å². The summed E-state index contributed by atoms with van der Waals surface area (Å²) in [6.45, 7) is 1.93. The minimum Gasteiger partial charge on any atom is -0.350 e. The summed E-state index contributed by atoms with van der Waals surface area (Å²) in [5, 5.41) is 6.18. The van der Waals surface area contributed by atoms with Crippen molar-refractivity contribution < 1.29 is 14.0 Å². The molecule has 138 valence electrons. The number of carbonyl (C=O) groups is 2. The van der Waals surface area contributed by atoms with E-state index in [4.69, 9.17) is 0 Å². The maximum atomic E-state index is 13.5. The number of nitrogens with zero attached hydrogens (tertiary/aromatic N) is 1. The molecule has 2 aliphatic heterocycles. The van der Waals surface area contributed by atoms with Crippen LogP contribution in [-0.4, -0.2) is 11.8 Å². The standard InChI is InChI=1S/C22H16FN3O2/c1-13-6-11-19-17(12-13)22(21(28)24-19)25-18-5-3-2-4-16(18)20(27)26(22)15-9-7-14(23)8-10-15/h2-12,25H,1H3,(H,24,28)/t22-/m0/s1. The van der Waals surface area contributed by atoms with E-state index in [1.54, 1.807) is 18.2 Å². The molecule has 2 N–H and O–H groups in total. The zero-order valence-corrected chi connectivity index (χ0v) is 15.0. The summed E-state index contributed by atoms with van der Waals surface area (Å²) in [6, 6.07) is 18.2. The van der Waals surface area contributed by atoms with Gasteiger partial charge >= 0.3 is 0 Å². The summed E-state index contributed by atoms with van der Waals surface area (Å²) in [6.07, 6.45) is 0. The molecular weight excluding hydrogens is 357 g/mol. The van der Waals surface area contributed by atoms with E-state index in [0.29, 0.717) is 28.2 Å². The average molecular weight is 373 g/mol. The lowest BCUT2D eigenvalue weighted by Gasteiger charge is -2.44. The molecule has 0 saturated carbocycles. The second-order valence-corrected chi connectivity index (χ2v) is 7.00. The largest absolute Gasteiger partial charge is 0.350 e. The fourth-order valence-corrected chi connectivity index (χ4v) is 3.95. The molecule has 0 fully saturated rings. The van der Waals surface area contributed by atoms with E-state index in [-0.39, 0.29) is 11.8 Å². The van der Waals surface area contributed by atoms with Crippen molar-refractivity contribution in [1.29, 1.82) is 0 Å². The molecular formula is C22H16FN3O2. The van der Waals surface area contributed by atoms with Crippen LogP contribution in [0.5, 0.6) is 0 Å². The number of nitrogens with one attached hydrogen (secondary N) is 2. The van der Waals surface area contributed by atoms with Gasteiger partial charge in [-0.05, 0) is 55.5 Å². The normalized spacial score (nSPS) is 19.9. The highest BCUT2D eigenvalue weighted by molar-refractivity contribution is 6.21. The molecule has 1 spiro atoms. The third kappa shape index (κ3) is 2.11. The van der Waals surface area contributed by atoms with Crippen molar-refractivity contribution in [3.05, 3.63) is 89.2 Å². The first-order valence-corrected chi connectivity index (χ1v) is 8.90. The molecule has 0 saturated heterocycles. The highest BCUT2D eigenvalue weighted by Gasteiger charge is 2.57. The lowest BCUT2D eigenvalue weighted by Crippen LogP contribution is -2.61. The molecule has 3 aromatic carbocycles. The minimum absolute atomic E-state index is 0.328. The molecule has 2 heterocycles. The van der Waals surface area contributed by atoms with Crippen LogP contribution in [0, 0.1) is 12.7 Å². The number of anilines is 3. The Morgan fingerprint density at radius 1 is 0.929 bits per heavy atom. The van der Waals surface area contributed by atoms with Gasteiger partial charge in [0.2, 0.25) is 5.66 Å². The molecule has 5 nitrogen and oxygen atoms in total. The quantitative estimate of drug-likeness (QED) is 0.678. The van der Waals surface area contributed by atoms with Gasteiger partial charge < -0.3 is 10.6 Å². The first-order chi connectivity index (χ1) is 13.5. The van der Waals surface area contributed by atoms with Gasteiger partial charge in [-0.2, -0.15) is 0 Å². The summed E-state index contributed by atoms with van der Waals surface area (Å²) in [5.74, 6) is -1.10. The number of hydrogen-bond acceptors (Lipinski definition) is 3. The molecule has 28 heavy (non-hydrogen) atoms. The van der Waals surface area contributed by atoms with Crippen LogP contribution >= 0.6 is 0 Å². The van der Waals surface area contributed by atoms with Gasteiger partial charge in [0, 0.05) is 22.6 Å². The van der Waals surface area contributed by atoms with E-state index in [0.717, 1.165) is 5.56 Å². The van der Waals surface area contributed by atoms with Gasteiger partial charge in [0.05, 0.1) is 5.56 Å². The smallest absolute Gasteiger partial charge is 0.276 e. The second-order valence-electron chi connectivity index (χ2n) is 7.00. The van der Waals surface area contributed by atoms with Crippen molar-refractivity contribution in [2.24, 2.45) is 0 Å². The van der Waals surface area contributed by atoms with Crippen LogP contribution in [0.4, 0.5) is 21.5 Å². The van der Waals surface area contributed by atoms with Crippen LogP contribution in [0.2, 0.25) is 0 Å². The molecule has 0 aliphatic carbocycles. The molecule has 0 bridgehead atoms. The van der Waals surface area contributed by atoms with Crippen molar-refractivity contribution in [2.75, 3.05) is 15.5 Å². The van der Waals surface area contributed by atoms with Gasteiger partial charge in [-0.1, -0.05) is 23.8 Å². The van der Waals surface area contributed by atoms with Crippen molar-refractivity contribution in [1.82, 2.24) is 0 Å². The number of hydrogen-bond donors (Lipinski definition) is 2. The number of fused-ring (bicyclic) bond motifs is 3. The summed E-state index contributed by atoms with van der Waals surface area (Å²) in [4.78, 5) is 28.2. The summed E-state index contributed by atoms with van der Waals surface area (Å²) in [5.41, 5.74) is 2.26. The maximum absolute atomic E-state index is 13.5. The molecule has 6 heteroatoms. The highest BCUT2D eigenvalue weighted by atomic mass is 19.1. The molecule has 2 aliphatic rings.